The molecule has 1 aromatic carbocycles. The van der Waals surface area contributed by atoms with Crippen LogP contribution in [-0.4, -0.2) is 87.2 Å². The van der Waals surface area contributed by atoms with Gasteiger partial charge in [-0.05, 0) is 116 Å². The fourth-order valence-corrected chi connectivity index (χ4v) is 13.2. The van der Waals surface area contributed by atoms with Crippen LogP contribution in [0.15, 0.2) is 24.3 Å². The van der Waals surface area contributed by atoms with Gasteiger partial charge in [0.25, 0.3) is 0 Å². The lowest BCUT2D eigenvalue weighted by molar-refractivity contribution is -0.158. The molecule has 7 rings (SSSR count). The van der Waals surface area contributed by atoms with Gasteiger partial charge in [0, 0.05) is 51.6 Å². The molecule has 4 aliphatic carbocycles. The highest BCUT2D eigenvalue weighted by Gasteiger charge is 2.62. The second-order valence-corrected chi connectivity index (χ2v) is 18.6. The Kier molecular flexibility index (Phi) is 11.3. The zero-order valence-electron chi connectivity index (χ0n) is 32.4. The van der Waals surface area contributed by atoms with Crippen LogP contribution in [0.25, 0.3) is 0 Å². The molecule has 1 aromatic rings. The Hall–Kier alpha value is -1.96. The van der Waals surface area contributed by atoms with Crippen LogP contribution in [0.2, 0.25) is 0 Å². The number of aliphatic hydroxyl groups excluding tert-OH is 2. The standard InChI is InChI=1S/C44H69N3O4/c1-5-6-7-8-9-10-15-41(50)47-29-32-14-12-11-13-31(32)26-38(47)42(51)46-24-22-45(23-25-46)39-28-44(4)33(27-40(39)49)16-17-34-36-19-18-35(30(2)48)43(36,3)21-20-37(34)44/h11-14,30,33-40,48-49H,5-10,15-29H2,1-4H3/t30-,33+,34+,35-,36+,37+,38+,39+,40+,43-,44+/m1/s1. The van der Waals surface area contributed by atoms with Crippen molar-refractivity contribution in [3.63, 3.8) is 0 Å². The van der Waals surface area contributed by atoms with E-state index in [1.165, 1.54) is 75.3 Å². The van der Waals surface area contributed by atoms with Crippen LogP contribution in [0.3, 0.4) is 0 Å². The summed E-state index contributed by atoms with van der Waals surface area (Å²) in [7, 11) is 0. The number of fused-ring (bicyclic) bond motifs is 6. The number of hydrogen-bond acceptors (Lipinski definition) is 5. The van der Waals surface area contributed by atoms with Gasteiger partial charge in [-0.15, -0.1) is 0 Å². The summed E-state index contributed by atoms with van der Waals surface area (Å²) >= 11 is 0. The molecule has 11 atom stereocenters. The van der Waals surface area contributed by atoms with E-state index in [1.54, 1.807) is 0 Å². The molecule has 2 heterocycles. The molecule has 6 aliphatic rings. The zero-order chi connectivity index (χ0) is 35.9. The van der Waals surface area contributed by atoms with Crippen LogP contribution in [0.5, 0.6) is 0 Å². The van der Waals surface area contributed by atoms with Gasteiger partial charge in [0.2, 0.25) is 11.8 Å². The molecule has 4 saturated carbocycles. The molecule has 0 aromatic heterocycles. The Morgan fingerprint density at radius 2 is 1.59 bits per heavy atom. The van der Waals surface area contributed by atoms with Gasteiger partial charge in [-0.25, -0.2) is 0 Å². The van der Waals surface area contributed by atoms with Gasteiger partial charge in [0.05, 0.1) is 12.2 Å². The maximum atomic E-state index is 14.3. The molecule has 5 fully saturated rings. The molecule has 0 unspecified atom stereocenters. The van der Waals surface area contributed by atoms with Gasteiger partial charge in [-0.1, -0.05) is 77.1 Å². The van der Waals surface area contributed by atoms with E-state index in [1.807, 2.05) is 28.9 Å². The van der Waals surface area contributed by atoms with Crippen molar-refractivity contribution in [1.29, 1.82) is 0 Å². The predicted octanol–water partition coefficient (Wildman–Crippen LogP) is 7.21. The molecule has 2 aliphatic heterocycles. The van der Waals surface area contributed by atoms with Gasteiger partial charge in [0.1, 0.15) is 6.04 Å². The predicted molar refractivity (Wildman–Crippen MR) is 203 cm³/mol. The SMILES string of the molecule is CCCCCCCCC(=O)N1Cc2ccccc2C[C@H]1C(=O)N1CCN([C@H]2C[C@@]3(C)[C@@H](CC[C@@H]4[C@@H]3CC[C@]3(C)[C@@H]([C@@H](C)O)CC[C@@H]43)C[C@@H]2O)CC1. The third-order valence-corrected chi connectivity index (χ3v) is 16.0. The normalized spacial score (nSPS) is 38.7. The molecule has 284 valence electrons. The number of piperazine rings is 1. The molecule has 2 N–H and O–H groups in total. The molecule has 0 spiro atoms. The summed E-state index contributed by atoms with van der Waals surface area (Å²) in [5.74, 6) is 3.41. The molecule has 2 amide bonds. The van der Waals surface area contributed by atoms with E-state index in [0.717, 1.165) is 50.6 Å². The Morgan fingerprint density at radius 3 is 2.33 bits per heavy atom. The lowest BCUT2D eigenvalue weighted by Gasteiger charge is -2.63. The Bertz CT molecular complexity index is 1380. The number of carbonyl (C=O) groups excluding carboxylic acids is 2. The summed E-state index contributed by atoms with van der Waals surface area (Å²) in [5.41, 5.74) is 2.86. The third kappa shape index (κ3) is 7.07. The van der Waals surface area contributed by atoms with E-state index in [0.29, 0.717) is 50.2 Å². The van der Waals surface area contributed by atoms with E-state index in [4.69, 9.17) is 0 Å². The lowest BCUT2D eigenvalue weighted by atomic mass is 9.44. The first kappa shape index (κ1) is 37.4. The summed E-state index contributed by atoms with van der Waals surface area (Å²) in [6.07, 6.45) is 16.9. The summed E-state index contributed by atoms with van der Waals surface area (Å²) in [4.78, 5) is 34.4. The topological polar surface area (TPSA) is 84.3 Å². The van der Waals surface area contributed by atoms with Crippen LogP contribution < -0.4 is 0 Å². The van der Waals surface area contributed by atoms with Crippen molar-refractivity contribution in [3.8, 4) is 0 Å². The minimum atomic E-state index is -0.431. The highest BCUT2D eigenvalue weighted by Crippen LogP contribution is 2.68. The van der Waals surface area contributed by atoms with Gasteiger partial charge in [0.15, 0.2) is 0 Å². The molecule has 7 nitrogen and oxygen atoms in total. The van der Waals surface area contributed by atoms with Crippen molar-refractivity contribution in [3.05, 3.63) is 35.4 Å². The number of amides is 2. The number of rotatable bonds is 10. The first-order chi connectivity index (χ1) is 24.5. The monoisotopic (exact) mass is 704 g/mol. The molecular formula is C44H69N3O4. The number of nitrogens with zero attached hydrogens (tertiary/aromatic N) is 3. The molecule has 0 bridgehead atoms. The fraction of sp³-hybridized carbons (Fsp3) is 0.818. The number of hydrogen-bond donors (Lipinski definition) is 2. The first-order valence-electron chi connectivity index (χ1n) is 21.3. The van der Waals surface area contributed by atoms with Gasteiger partial charge in [-0.2, -0.15) is 0 Å². The lowest BCUT2D eigenvalue weighted by Crippen LogP contribution is -2.63. The Morgan fingerprint density at radius 1 is 0.882 bits per heavy atom. The van der Waals surface area contributed by atoms with Crippen LogP contribution in [0.1, 0.15) is 135 Å². The highest BCUT2D eigenvalue weighted by atomic mass is 16.3. The van der Waals surface area contributed by atoms with Gasteiger partial charge in [-0.3, -0.25) is 14.5 Å². The number of unbranched alkanes of at least 4 members (excludes halogenated alkanes) is 5. The average molecular weight is 704 g/mol. The average Bonchev–Trinajstić information content (AvgIpc) is 3.50. The summed E-state index contributed by atoms with van der Waals surface area (Å²) in [6, 6.07) is 8.04. The largest absolute Gasteiger partial charge is 0.393 e. The number of aliphatic hydroxyl groups is 2. The molecule has 7 heteroatoms. The minimum Gasteiger partial charge on any atom is -0.393 e. The van der Waals surface area contributed by atoms with E-state index >= 15 is 0 Å². The Balaban J connectivity index is 0.989. The molecular weight excluding hydrogens is 635 g/mol. The maximum absolute atomic E-state index is 14.3. The zero-order valence-corrected chi connectivity index (χ0v) is 32.4. The van der Waals surface area contributed by atoms with Crippen LogP contribution in [-0.2, 0) is 22.6 Å². The van der Waals surface area contributed by atoms with Gasteiger partial charge >= 0.3 is 0 Å². The first-order valence-corrected chi connectivity index (χ1v) is 21.3. The van der Waals surface area contributed by atoms with Crippen LogP contribution >= 0.6 is 0 Å². The third-order valence-electron chi connectivity index (χ3n) is 16.0. The van der Waals surface area contributed by atoms with Crippen molar-refractivity contribution >= 4 is 11.8 Å². The minimum absolute atomic E-state index is 0.101. The van der Waals surface area contributed by atoms with Crippen LogP contribution in [0.4, 0.5) is 0 Å². The van der Waals surface area contributed by atoms with Crippen molar-refractivity contribution in [2.24, 2.45) is 40.4 Å². The number of benzene rings is 1. The van der Waals surface area contributed by atoms with Crippen LogP contribution in [0, 0.1) is 40.4 Å². The second-order valence-electron chi connectivity index (χ2n) is 18.6. The van der Waals surface area contributed by atoms with E-state index in [9.17, 15) is 19.8 Å². The molecule has 0 radical (unpaired) electrons. The molecule has 1 saturated heterocycles. The quantitative estimate of drug-likeness (QED) is 0.252. The van der Waals surface area contributed by atoms with E-state index in [2.05, 4.69) is 37.8 Å². The van der Waals surface area contributed by atoms with Crippen molar-refractivity contribution in [1.82, 2.24) is 14.7 Å². The molecule has 51 heavy (non-hydrogen) atoms. The van der Waals surface area contributed by atoms with Crippen molar-refractivity contribution in [2.75, 3.05) is 26.2 Å². The van der Waals surface area contributed by atoms with E-state index in [-0.39, 0.29) is 40.9 Å². The summed E-state index contributed by atoms with van der Waals surface area (Å²) < 4.78 is 0. The smallest absolute Gasteiger partial charge is 0.245 e. The summed E-state index contributed by atoms with van der Waals surface area (Å²) in [5, 5.41) is 22.4. The van der Waals surface area contributed by atoms with Crippen molar-refractivity contribution in [2.45, 2.75) is 161 Å². The fourth-order valence-electron chi connectivity index (χ4n) is 13.2. The number of carbonyl (C=O) groups is 2. The summed E-state index contributed by atoms with van der Waals surface area (Å²) in [6.45, 7) is 12.7. The second kappa shape index (κ2) is 15.4. The highest BCUT2D eigenvalue weighted by molar-refractivity contribution is 5.88. The van der Waals surface area contributed by atoms with Gasteiger partial charge < -0.3 is 20.0 Å². The maximum Gasteiger partial charge on any atom is 0.245 e. The Labute approximate surface area is 308 Å². The van der Waals surface area contributed by atoms with Crippen molar-refractivity contribution < 1.29 is 19.8 Å². The van der Waals surface area contributed by atoms with E-state index < -0.39 is 6.04 Å².